The summed E-state index contributed by atoms with van der Waals surface area (Å²) in [5.41, 5.74) is 1.31. The molecule has 0 aliphatic carbocycles. The summed E-state index contributed by atoms with van der Waals surface area (Å²) in [5, 5.41) is 3.14. The van der Waals surface area contributed by atoms with Crippen LogP contribution in [-0.4, -0.2) is 16.5 Å². The van der Waals surface area contributed by atoms with Crippen molar-refractivity contribution in [2.75, 3.05) is 11.9 Å². The largest absolute Gasteiger partial charge is 0.369 e. The fourth-order valence-corrected chi connectivity index (χ4v) is 2.46. The number of nitrogens with zero attached hydrogens (tertiary/aromatic N) is 2. The molecule has 0 saturated carbocycles. The Kier molecular flexibility index (Phi) is 5.22. The summed E-state index contributed by atoms with van der Waals surface area (Å²) in [7, 11) is 0. The molecule has 112 valence electrons. The molecule has 2 aromatic rings. The maximum atomic E-state index is 13.4. The third-order valence-electron chi connectivity index (χ3n) is 2.93. The lowest BCUT2D eigenvalue weighted by atomic mass is 10.2. The van der Waals surface area contributed by atoms with Crippen LogP contribution in [0.3, 0.4) is 0 Å². The first-order valence-corrected chi connectivity index (χ1v) is 7.61. The van der Waals surface area contributed by atoms with Gasteiger partial charge in [0.25, 0.3) is 0 Å². The van der Waals surface area contributed by atoms with Gasteiger partial charge in [-0.05, 0) is 47.5 Å². The number of hydrogen-bond donors (Lipinski definition) is 1. The molecule has 0 aliphatic rings. The van der Waals surface area contributed by atoms with E-state index in [4.69, 9.17) is 0 Å². The van der Waals surface area contributed by atoms with E-state index in [0.717, 1.165) is 35.1 Å². The molecule has 0 amide bonds. The van der Waals surface area contributed by atoms with Crippen LogP contribution < -0.4 is 5.32 Å². The summed E-state index contributed by atoms with van der Waals surface area (Å²) in [6, 6.07) is 3.68. The Bertz CT molecular complexity index is 620. The Balaban J connectivity index is 2.53. The molecular formula is C15H16BrF2N3. The highest BCUT2D eigenvalue weighted by molar-refractivity contribution is 9.10. The molecular weight excluding hydrogens is 340 g/mol. The summed E-state index contributed by atoms with van der Waals surface area (Å²) in [5.74, 6) is -0.732. The zero-order valence-electron chi connectivity index (χ0n) is 11.9. The van der Waals surface area contributed by atoms with Crippen molar-refractivity contribution in [3.8, 4) is 11.4 Å². The van der Waals surface area contributed by atoms with Crippen LogP contribution in [0.1, 0.15) is 26.0 Å². The van der Waals surface area contributed by atoms with Gasteiger partial charge in [-0.1, -0.05) is 13.3 Å². The van der Waals surface area contributed by atoms with Crippen molar-refractivity contribution in [2.24, 2.45) is 0 Å². The van der Waals surface area contributed by atoms with E-state index in [1.807, 2.05) is 6.92 Å². The first-order chi connectivity index (χ1) is 10.1. The standard InChI is InChI=1S/C15H16BrF2N3/c1-3-5-12-13(16)15(19-4-2)21-14(20-12)9-6-7-10(17)11(18)8-9/h6-8H,3-5H2,1-2H3,(H,19,20,21). The van der Waals surface area contributed by atoms with Crippen LogP contribution in [0.25, 0.3) is 11.4 Å². The lowest BCUT2D eigenvalue weighted by Crippen LogP contribution is -2.06. The number of nitrogens with one attached hydrogen (secondary N) is 1. The average molecular weight is 356 g/mol. The quantitative estimate of drug-likeness (QED) is 0.853. The SMILES string of the molecule is CCCc1nc(-c2ccc(F)c(F)c2)nc(NCC)c1Br. The molecule has 1 N–H and O–H groups in total. The Morgan fingerprint density at radius 1 is 1.14 bits per heavy atom. The summed E-state index contributed by atoms with van der Waals surface area (Å²) in [4.78, 5) is 8.85. The lowest BCUT2D eigenvalue weighted by Gasteiger charge is -2.12. The highest BCUT2D eigenvalue weighted by Crippen LogP contribution is 2.28. The van der Waals surface area contributed by atoms with Crippen molar-refractivity contribution < 1.29 is 8.78 Å². The van der Waals surface area contributed by atoms with Gasteiger partial charge in [0.1, 0.15) is 5.82 Å². The molecule has 2 rings (SSSR count). The van der Waals surface area contributed by atoms with Gasteiger partial charge in [0, 0.05) is 12.1 Å². The molecule has 1 aromatic carbocycles. The number of anilines is 1. The highest BCUT2D eigenvalue weighted by atomic mass is 79.9. The van der Waals surface area contributed by atoms with Gasteiger partial charge in [-0.2, -0.15) is 0 Å². The van der Waals surface area contributed by atoms with Crippen LogP contribution in [-0.2, 0) is 6.42 Å². The fraction of sp³-hybridized carbons (Fsp3) is 0.333. The van der Waals surface area contributed by atoms with Gasteiger partial charge in [-0.3, -0.25) is 0 Å². The minimum Gasteiger partial charge on any atom is -0.369 e. The third-order valence-corrected chi connectivity index (χ3v) is 3.76. The molecule has 0 spiro atoms. The number of aromatic nitrogens is 2. The van der Waals surface area contributed by atoms with E-state index >= 15 is 0 Å². The normalized spacial score (nSPS) is 10.7. The number of hydrogen-bond acceptors (Lipinski definition) is 3. The second-order valence-electron chi connectivity index (χ2n) is 4.57. The van der Waals surface area contributed by atoms with Gasteiger partial charge < -0.3 is 5.32 Å². The van der Waals surface area contributed by atoms with E-state index in [1.54, 1.807) is 0 Å². The Labute approximate surface area is 131 Å². The maximum absolute atomic E-state index is 13.4. The Hall–Kier alpha value is -1.56. The summed E-state index contributed by atoms with van der Waals surface area (Å²) >= 11 is 3.49. The third kappa shape index (κ3) is 3.56. The molecule has 1 heterocycles. The Morgan fingerprint density at radius 3 is 2.52 bits per heavy atom. The molecule has 0 aliphatic heterocycles. The van der Waals surface area contributed by atoms with Gasteiger partial charge in [0.15, 0.2) is 17.5 Å². The van der Waals surface area contributed by atoms with Crippen molar-refractivity contribution in [1.29, 1.82) is 0 Å². The van der Waals surface area contributed by atoms with Gasteiger partial charge in [-0.15, -0.1) is 0 Å². The molecule has 0 unspecified atom stereocenters. The van der Waals surface area contributed by atoms with E-state index < -0.39 is 11.6 Å². The van der Waals surface area contributed by atoms with Gasteiger partial charge in [0.2, 0.25) is 0 Å². The molecule has 0 fully saturated rings. The zero-order valence-corrected chi connectivity index (χ0v) is 13.5. The van der Waals surface area contributed by atoms with E-state index in [2.05, 4.69) is 38.1 Å². The van der Waals surface area contributed by atoms with E-state index in [1.165, 1.54) is 6.07 Å². The highest BCUT2D eigenvalue weighted by Gasteiger charge is 2.14. The summed E-state index contributed by atoms with van der Waals surface area (Å²) < 4.78 is 27.2. The molecule has 6 heteroatoms. The second-order valence-corrected chi connectivity index (χ2v) is 5.36. The predicted octanol–water partition coefficient (Wildman–Crippen LogP) is 4.57. The predicted molar refractivity (Wildman–Crippen MR) is 83.2 cm³/mol. The van der Waals surface area contributed by atoms with E-state index in [-0.39, 0.29) is 0 Å². The molecule has 0 saturated heterocycles. The topological polar surface area (TPSA) is 37.8 Å². The smallest absolute Gasteiger partial charge is 0.161 e. The number of halogens is 3. The molecule has 0 atom stereocenters. The summed E-state index contributed by atoms with van der Waals surface area (Å²) in [6.07, 6.45) is 1.70. The van der Waals surface area contributed by atoms with E-state index in [0.29, 0.717) is 23.8 Å². The van der Waals surface area contributed by atoms with Crippen molar-refractivity contribution in [1.82, 2.24) is 9.97 Å². The van der Waals surface area contributed by atoms with E-state index in [9.17, 15) is 8.78 Å². The lowest BCUT2D eigenvalue weighted by molar-refractivity contribution is 0.509. The van der Waals surface area contributed by atoms with Gasteiger partial charge in [0.05, 0.1) is 10.2 Å². The van der Waals surface area contributed by atoms with Crippen LogP contribution in [0.5, 0.6) is 0 Å². The van der Waals surface area contributed by atoms with Crippen molar-refractivity contribution >= 4 is 21.7 Å². The molecule has 0 bridgehead atoms. The van der Waals surface area contributed by atoms with Crippen LogP contribution in [0, 0.1) is 11.6 Å². The van der Waals surface area contributed by atoms with Crippen molar-refractivity contribution in [3.63, 3.8) is 0 Å². The first-order valence-electron chi connectivity index (χ1n) is 6.82. The minimum absolute atomic E-state index is 0.386. The van der Waals surface area contributed by atoms with Crippen LogP contribution in [0.2, 0.25) is 0 Å². The monoisotopic (exact) mass is 355 g/mol. The molecule has 3 nitrogen and oxygen atoms in total. The van der Waals surface area contributed by atoms with Crippen LogP contribution in [0.15, 0.2) is 22.7 Å². The Morgan fingerprint density at radius 2 is 1.90 bits per heavy atom. The van der Waals surface area contributed by atoms with Crippen LogP contribution in [0.4, 0.5) is 14.6 Å². The number of aryl methyl sites for hydroxylation is 1. The fourth-order valence-electron chi connectivity index (χ4n) is 1.94. The first kappa shape index (κ1) is 15.8. The molecule has 1 aromatic heterocycles. The zero-order chi connectivity index (χ0) is 15.4. The second kappa shape index (κ2) is 6.93. The minimum atomic E-state index is -0.902. The van der Waals surface area contributed by atoms with Gasteiger partial charge >= 0.3 is 0 Å². The molecule has 0 radical (unpaired) electrons. The maximum Gasteiger partial charge on any atom is 0.161 e. The number of rotatable bonds is 5. The number of benzene rings is 1. The summed E-state index contributed by atoms with van der Waals surface area (Å²) in [6.45, 7) is 4.72. The van der Waals surface area contributed by atoms with Crippen LogP contribution >= 0.6 is 15.9 Å². The van der Waals surface area contributed by atoms with Crippen molar-refractivity contribution in [2.45, 2.75) is 26.7 Å². The molecule has 21 heavy (non-hydrogen) atoms. The average Bonchev–Trinajstić information content (AvgIpc) is 2.46. The van der Waals surface area contributed by atoms with Crippen molar-refractivity contribution in [3.05, 3.63) is 40.0 Å². The van der Waals surface area contributed by atoms with Gasteiger partial charge in [-0.25, -0.2) is 18.7 Å².